The molecule has 0 atom stereocenters. The monoisotopic (exact) mass is 452 g/mol. The molecule has 0 aliphatic heterocycles. The van der Waals surface area contributed by atoms with E-state index in [0.717, 1.165) is 0 Å². The fourth-order valence-electron chi connectivity index (χ4n) is 2.33. The molecule has 10 heteroatoms. The van der Waals surface area contributed by atoms with Gasteiger partial charge < -0.3 is 9.47 Å². The summed E-state index contributed by atoms with van der Waals surface area (Å²) in [5.74, 6) is 0.794. The standard InChI is InChI=1S/C17H17BrN4O4S/c1-25-16-6-5-13(18)9-17(16)27(23,24)21-14-3-2-4-15(10-14)26-8-7-22-12-19-11-20-22/h2-6,9-12,21H,7-8H2,1H3. The predicted octanol–water partition coefficient (Wildman–Crippen LogP) is 2.93. The summed E-state index contributed by atoms with van der Waals surface area (Å²) in [6.45, 7) is 0.907. The third kappa shape index (κ3) is 4.98. The van der Waals surface area contributed by atoms with Gasteiger partial charge in [-0.25, -0.2) is 18.1 Å². The Morgan fingerprint density at radius 3 is 2.81 bits per heavy atom. The van der Waals surface area contributed by atoms with E-state index in [2.05, 4.69) is 30.7 Å². The van der Waals surface area contributed by atoms with Gasteiger partial charge in [0.05, 0.1) is 19.3 Å². The SMILES string of the molecule is COc1ccc(Br)cc1S(=O)(=O)Nc1cccc(OCCn2cncn2)c1. The molecule has 3 rings (SSSR count). The van der Waals surface area contributed by atoms with Crippen LogP contribution in [0.1, 0.15) is 0 Å². The molecule has 8 nitrogen and oxygen atoms in total. The highest BCUT2D eigenvalue weighted by atomic mass is 79.9. The average molecular weight is 453 g/mol. The van der Waals surface area contributed by atoms with Crippen molar-refractivity contribution in [2.45, 2.75) is 11.4 Å². The Morgan fingerprint density at radius 1 is 1.22 bits per heavy atom. The molecule has 1 heterocycles. The average Bonchev–Trinajstić information content (AvgIpc) is 3.15. The van der Waals surface area contributed by atoms with Crippen LogP contribution in [0.15, 0.2) is 64.5 Å². The highest BCUT2D eigenvalue weighted by Gasteiger charge is 2.20. The molecule has 1 aromatic heterocycles. The topological polar surface area (TPSA) is 95.3 Å². The summed E-state index contributed by atoms with van der Waals surface area (Å²) >= 11 is 3.28. The maximum Gasteiger partial charge on any atom is 0.265 e. The first-order valence-corrected chi connectivity index (χ1v) is 10.2. The minimum absolute atomic E-state index is 0.0388. The van der Waals surface area contributed by atoms with Gasteiger partial charge in [0.2, 0.25) is 0 Å². The van der Waals surface area contributed by atoms with E-state index in [0.29, 0.717) is 29.1 Å². The van der Waals surface area contributed by atoms with Crippen molar-refractivity contribution in [1.82, 2.24) is 14.8 Å². The molecule has 142 valence electrons. The summed E-state index contributed by atoms with van der Waals surface area (Å²) in [5, 5.41) is 3.99. The molecule has 0 saturated carbocycles. The second-order valence-electron chi connectivity index (χ2n) is 5.44. The minimum atomic E-state index is -3.83. The molecule has 0 saturated heterocycles. The molecule has 0 amide bonds. The molecule has 0 unspecified atom stereocenters. The summed E-state index contributed by atoms with van der Waals surface area (Å²) in [6.07, 6.45) is 3.05. The molecule has 0 bridgehead atoms. The number of rotatable bonds is 8. The second-order valence-corrected chi connectivity index (χ2v) is 8.00. The van der Waals surface area contributed by atoms with Gasteiger partial charge >= 0.3 is 0 Å². The number of nitrogens with zero attached hydrogens (tertiary/aromatic N) is 3. The van der Waals surface area contributed by atoms with Crippen LogP contribution >= 0.6 is 15.9 Å². The predicted molar refractivity (Wildman–Crippen MR) is 103 cm³/mol. The van der Waals surface area contributed by atoms with Crippen molar-refractivity contribution in [2.75, 3.05) is 18.4 Å². The zero-order valence-corrected chi connectivity index (χ0v) is 16.8. The Balaban J connectivity index is 1.72. The number of benzene rings is 2. The van der Waals surface area contributed by atoms with Crippen LogP contribution in [0.3, 0.4) is 0 Å². The Bertz CT molecular complexity index is 1010. The maximum absolute atomic E-state index is 12.7. The van der Waals surface area contributed by atoms with E-state index in [4.69, 9.17) is 9.47 Å². The zero-order valence-electron chi connectivity index (χ0n) is 14.4. The van der Waals surface area contributed by atoms with Gasteiger partial charge in [0.1, 0.15) is 35.7 Å². The van der Waals surface area contributed by atoms with Gasteiger partial charge in [0, 0.05) is 10.5 Å². The molecular formula is C17H17BrN4O4S. The van der Waals surface area contributed by atoms with Crippen LogP contribution in [-0.4, -0.2) is 36.9 Å². The Labute approximate surface area is 165 Å². The number of anilines is 1. The van der Waals surface area contributed by atoms with E-state index in [9.17, 15) is 8.42 Å². The summed E-state index contributed by atoms with van der Waals surface area (Å²) in [6, 6.07) is 11.5. The van der Waals surface area contributed by atoms with E-state index in [1.807, 2.05) is 0 Å². The first kappa shape index (κ1) is 19.2. The Morgan fingerprint density at radius 2 is 2.07 bits per heavy atom. The van der Waals surface area contributed by atoms with Gasteiger partial charge in [-0.05, 0) is 30.3 Å². The van der Waals surface area contributed by atoms with Crippen LogP contribution in [0.25, 0.3) is 0 Å². The number of hydrogen-bond donors (Lipinski definition) is 1. The minimum Gasteiger partial charge on any atom is -0.495 e. The highest BCUT2D eigenvalue weighted by Crippen LogP contribution is 2.29. The van der Waals surface area contributed by atoms with Gasteiger partial charge in [-0.1, -0.05) is 22.0 Å². The maximum atomic E-state index is 12.7. The van der Waals surface area contributed by atoms with Crippen molar-refractivity contribution in [1.29, 1.82) is 0 Å². The van der Waals surface area contributed by atoms with Gasteiger partial charge in [0.15, 0.2) is 0 Å². The smallest absolute Gasteiger partial charge is 0.265 e. The van der Waals surface area contributed by atoms with Crippen molar-refractivity contribution in [2.24, 2.45) is 0 Å². The summed E-state index contributed by atoms with van der Waals surface area (Å²) in [5.41, 5.74) is 0.385. The fourth-order valence-corrected chi connectivity index (χ4v) is 4.08. The fraction of sp³-hybridized carbons (Fsp3) is 0.176. The third-order valence-corrected chi connectivity index (χ3v) is 5.45. The van der Waals surface area contributed by atoms with Crippen molar-refractivity contribution in [3.8, 4) is 11.5 Å². The number of nitrogens with one attached hydrogen (secondary N) is 1. The Kier molecular flexibility index (Phi) is 5.97. The van der Waals surface area contributed by atoms with Crippen molar-refractivity contribution in [3.05, 3.63) is 59.6 Å². The summed E-state index contributed by atoms with van der Waals surface area (Å²) in [4.78, 5) is 3.90. The quantitative estimate of drug-likeness (QED) is 0.564. The summed E-state index contributed by atoms with van der Waals surface area (Å²) < 4.78 is 41.1. The van der Waals surface area contributed by atoms with Crippen LogP contribution < -0.4 is 14.2 Å². The lowest BCUT2D eigenvalue weighted by atomic mass is 10.3. The third-order valence-electron chi connectivity index (χ3n) is 3.56. The number of aromatic nitrogens is 3. The van der Waals surface area contributed by atoms with Crippen molar-refractivity contribution < 1.29 is 17.9 Å². The van der Waals surface area contributed by atoms with Crippen LogP contribution in [0.2, 0.25) is 0 Å². The lowest BCUT2D eigenvalue weighted by molar-refractivity contribution is 0.291. The van der Waals surface area contributed by atoms with E-state index in [1.165, 1.54) is 19.5 Å². The molecule has 27 heavy (non-hydrogen) atoms. The molecule has 2 aromatic carbocycles. The molecule has 0 fully saturated rings. The number of hydrogen-bond acceptors (Lipinski definition) is 6. The summed E-state index contributed by atoms with van der Waals surface area (Å²) in [7, 11) is -2.41. The molecule has 0 aliphatic carbocycles. The van der Waals surface area contributed by atoms with Gasteiger partial charge in [-0.3, -0.25) is 4.72 Å². The zero-order chi connectivity index (χ0) is 19.3. The highest BCUT2D eigenvalue weighted by molar-refractivity contribution is 9.10. The Hall–Kier alpha value is -2.59. The molecule has 3 aromatic rings. The number of methoxy groups -OCH3 is 1. The van der Waals surface area contributed by atoms with Gasteiger partial charge in [-0.15, -0.1) is 0 Å². The van der Waals surface area contributed by atoms with Gasteiger partial charge in [-0.2, -0.15) is 5.10 Å². The molecule has 0 radical (unpaired) electrons. The second kappa shape index (κ2) is 8.40. The van der Waals surface area contributed by atoms with E-state index in [1.54, 1.807) is 47.4 Å². The lowest BCUT2D eigenvalue weighted by Gasteiger charge is -2.13. The van der Waals surface area contributed by atoms with Gasteiger partial charge in [0.25, 0.3) is 10.0 Å². The number of halogens is 1. The molecule has 1 N–H and O–H groups in total. The van der Waals surface area contributed by atoms with E-state index in [-0.39, 0.29) is 10.6 Å². The van der Waals surface area contributed by atoms with E-state index < -0.39 is 10.0 Å². The van der Waals surface area contributed by atoms with E-state index >= 15 is 0 Å². The molecule has 0 spiro atoms. The number of ether oxygens (including phenoxy) is 2. The number of sulfonamides is 1. The van der Waals surface area contributed by atoms with Crippen molar-refractivity contribution in [3.63, 3.8) is 0 Å². The first-order chi connectivity index (χ1) is 13.0. The van der Waals surface area contributed by atoms with Crippen molar-refractivity contribution >= 4 is 31.6 Å². The van der Waals surface area contributed by atoms with Crippen LogP contribution in [0, 0.1) is 0 Å². The lowest BCUT2D eigenvalue weighted by Crippen LogP contribution is -2.14. The van der Waals surface area contributed by atoms with Crippen LogP contribution in [0.4, 0.5) is 5.69 Å². The normalized spacial score (nSPS) is 11.2. The molecular weight excluding hydrogens is 436 g/mol. The molecule has 0 aliphatic rings. The van der Waals surface area contributed by atoms with Crippen LogP contribution in [-0.2, 0) is 16.6 Å². The first-order valence-electron chi connectivity index (χ1n) is 7.89. The van der Waals surface area contributed by atoms with Crippen LogP contribution in [0.5, 0.6) is 11.5 Å². The largest absolute Gasteiger partial charge is 0.495 e.